The molecule has 108 valence electrons. The van der Waals surface area contributed by atoms with Crippen molar-refractivity contribution >= 4 is 11.7 Å². The van der Waals surface area contributed by atoms with E-state index in [0.29, 0.717) is 11.5 Å². The van der Waals surface area contributed by atoms with Gasteiger partial charge in [0.25, 0.3) is 0 Å². The van der Waals surface area contributed by atoms with Gasteiger partial charge in [0.15, 0.2) is 0 Å². The minimum Gasteiger partial charge on any atom is -0.465 e. The number of carbonyl (C=O) groups excluding carboxylic acids is 1. The number of methoxy groups -OCH3 is 1. The quantitative estimate of drug-likeness (QED) is 0.835. The van der Waals surface area contributed by atoms with Gasteiger partial charge in [0.2, 0.25) is 0 Å². The minimum atomic E-state index is -0.345. The molecule has 0 saturated carbocycles. The number of ether oxygens (including phenoxy) is 1. The minimum absolute atomic E-state index is 0.295. The van der Waals surface area contributed by atoms with Crippen molar-refractivity contribution in [3.63, 3.8) is 0 Å². The van der Waals surface area contributed by atoms with Gasteiger partial charge in [-0.2, -0.15) is 0 Å². The topological polar surface area (TPSA) is 38.3 Å². The molecule has 21 heavy (non-hydrogen) atoms. The van der Waals surface area contributed by atoms with E-state index in [0.717, 1.165) is 5.69 Å². The van der Waals surface area contributed by atoms with E-state index >= 15 is 0 Å². The van der Waals surface area contributed by atoms with E-state index in [1.54, 1.807) is 6.07 Å². The first kappa shape index (κ1) is 14.9. The van der Waals surface area contributed by atoms with Gasteiger partial charge in [-0.3, -0.25) is 0 Å². The summed E-state index contributed by atoms with van der Waals surface area (Å²) < 4.78 is 4.77. The Morgan fingerprint density at radius 2 is 1.76 bits per heavy atom. The number of esters is 1. The average Bonchev–Trinajstić information content (AvgIpc) is 2.55. The molecule has 0 radical (unpaired) electrons. The zero-order valence-electron chi connectivity index (χ0n) is 12.2. The van der Waals surface area contributed by atoms with Crippen LogP contribution in [0.5, 0.6) is 0 Å². The normalized spacial score (nSPS) is 12.1. The molecule has 0 aliphatic heterocycles. The first-order valence-electron chi connectivity index (χ1n) is 6.88. The molecule has 2 rings (SSSR count). The van der Waals surface area contributed by atoms with Gasteiger partial charge in [-0.05, 0) is 23.9 Å². The number of hydrogen-bond acceptors (Lipinski definition) is 3. The van der Waals surface area contributed by atoms with Crippen LogP contribution in [0.15, 0.2) is 66.9 Å². The average molecular weight is 281 g/mol. The molecule has 3 nitrogen and oxygen atoms in total. The van der Waals surface area contributed by atoms with Gasteiger partial charge in [0, 0.05) is 5.92 Å². The van der Waals surface area contributed by atoms with Crippen LogP contribution in [-0.4, -0.2) is 13.1 Å². The van der Waals surface area contributed by atoms with Crippen molar-refractivity contribution < 1.29 is 9.53 Å². The lowest BCUT2D eigenvalue weighted by atomic mass is 10.0. The zero-order chi connectivity index (χ0) is 15.1. The summed E-state index contributed by atoms with van der Waals surface area (Å²) in [6, 6.07) is 17.5. The van der Waals surface area contributed by atoms with E-state index in [9.17, 15) is 4.79 Å². The van der Waals surface area contributed by atoms with Crippen LogP contribution in [-0.2, 0) is 4.74 Å². The standard InChI is InChI=1S/C18H19NO2/c1-14(15-8-4-3-5-9-15)12-13-19-17-11-7-6-10-16(17)18(20)21-2/h3-14,19H,1-2H3/b13-12+. The molecule has 0 fully saturated rings. The first-order chi connectivity index (χ1) is 10.2. The van der Waals surface area contributed by atoms with E-state index in [-0.39, 0.29) is 5.97 Å². The molecule has 3 heteroatoms. The Bertz CT molecular complexity index is 620. The van der Waals surface area contributed by atoms with Crippen molar-refractivity contribution in [3.05, 3.63) is 78.0 Å². The third-order valence-corrected chi connectivity index (χ3v) is 3.28. The van der Waals surface area contributed by atoms with Gasteiger partial charge >= 0.3 is 5.97 Å². The lowest BCUT2D eigenvalue weighted by molar-refractivity contribution is 0.0602. The van der Waals surface area contributed by atoms with Crippen molar-refractivity contribution in [3.8, 4) is 0 Å². The van der Waals surface area contributed by atoms with Crippen molar-refractivity contribution in [1.82, 2.24) is 0 Å². The second-order valence-corrected chi connectivity index (χ2v) is 4.74. The van der Waals surface area contributed by atoms with E-state index in [4.69, 9.17) is 4.74 Å². The maximum absolute atomic E-state index is 11.7. The molecule has 0 heterocycles. The summed E-state index contributed by atoms with van der Waals surface area (Å²) in [6.07, 6.45) is 3.92. The predicted molar refractivity (Wildman–Crippen MR) is 85.4 cm³/mol. The molecule has 0 aliphatic rings. The van der Waals surface area contributed by atoms with Crippen LogP contribution in [0.2, 0.25) is 0 Å². The molecule has 0 bridgehead atoms. The number of allylic oxidation sites excluding steroid dienone is 1. The first-order valence-corrected chi connectivity index (χ1v) is 6.88. The van der Waals surface area contributed by atoms with Gasteiger partial charge in [0.1, 0.15) is 0 Å². The van der Waals surface area contributed by atoms with Gasteiger partial charge in [-0.1, -0.05) is 55.5 Å². The van der Waals surface area contributed by atoms with Crippen LogP contribution in [0.3, 0.4) is 0 Å². The number of rotatable bonds is 5. The van der Waals surface area contributed by atoms with Crippen LogP contribution in [0.25, 0.3) is 0 Å². The Labute approximate surface area is 125 Å². The van der Waals surface area contributed by atoms with Gasteiger partial charge < -0.3 is 10.1 Å². The van der Waals surface area contributed by atoms with Crippen LogP contribution < -0.4 is 5.32 Å². The van der Waals surface area contributed by atoms with Crippen molar-refractivity contribution in [1.29, 1.82) is 0 Å². The van der Waals surface area contributed by atoms with Crippen LogP contribution in [0.4, 0.5) is 5.69 Å². The molecule has 1 unspecified atom stereocenters. The summed E-state index contributed by atoms with van der Waals surface area (Å²) in [6.45, 7) is 2.12. The van der Waals surface area contributed by atoms with Crippen LogP contribution in [0, 0.1) is 0 Å². The fourth-order valence-corrected chi connectivity index (χ4v) is 2.05. The number of hydrogen-bond donors (Lipinski definition) is 1. The van der Waals surface area contributed by atoms with Crippen LogP contribution >= 0.6 is 0 Å². The molecule has 1 atom stereocenters. The maximum atomic E-state index is 11.7. The highest BCUT2D eigenvalue weighted by molar-refractivity contribution is 5.95. The Balaban J connectivity index is 2.06. The molecule has 2 aromatic carbocycles. The second kappa shape index (κ2) is 7.29. The summed E-state index contributed by atoms with van der Waals surface area (Å²) in [5, 5.41) is 3.15. The largest absolute Gasteiger partial charge is 0.465 e. The fourth-order valence-electron chi connectivity index (χ4n) is 2.05. The fraction of sp³-hybridized carbons (Fsp3) is 0.167. The van der Waals surface area contributed by atoms with Gasteiger partial charge in [0.05, 0.1) is 18.4 Å². The molecule has 0 spiro atoms. The second-order valence-electron chi connectivity index (χ2n) is 4.74. The summed E-state index contributed by atoms with van der Waals surface area (Å²) >= 11 is 0. The Morgan fingerprint density at radius 3 is 2.48 bits per heavy atom. The molecule has 0 amide bonds. The summed E-state index contributed by atoms with van der Waals surface area (Å²) in [4.78, 5) is 11.7. The van der Waals surface area contributed by atoms with Crippen LogP contribution in [0.1, 0.15) is 28.8 Å². The van der Waals surface area contributed by atoms with Crippen molar-refractivity contribution in [2.75, 3.05) is 12.4 Å². The van der Waals surface area contributed by atoms with Crippen molar-refractivity contribution in [2.24, 2.45) is 0 Å². The third kappa shape index (κ3) is 3.96. The lowest BCUT2D eigenvalue weighted by Gasteiger charge is -2.09. The Morgan fingerprint density at radius 1 is 1.10 bits per heavy atom. The molecule has 0 aromatic heterocycles. The molecular weight excluding hydrogens is 262 g/mol. The maximum Gasteiger partial charge on any atom is 0.339 e. The Kier molecular flexibility index (Phi) is 5.16. The third-order valence-electron chi connectivity index (χ3n) is 3.28. The molecule has 0 saturated heterocycles. The lowest BCUT2D eigenvalue weighted by Crippen LogP contribution is -2.05. The molecular formula is C18H19NO2. The monoisotopic (exact) mass is 281 g/mol. The smallest absolute Gasteiger partial charge is 0.339 e. The highest BCUT2D eigenvalue weighted by Gasteiger charge is 2.09. The van der Waals surface area contributed by atoms with Crippen molar-refractivity contribution in [2.45, 2.75) is 12.8 Å². The molecule has 0 aliphatic carbocycles. The highest BCUT2D eigenvalue weighted by Crippen LogP contribution is 2.18. The number of carbonyl (C=O) groups is 1. The van der Waals surface area contributed by atoms with E-state index in [2.05, 4.69) is 30.4 Å². The molecule has 1 N–H and O–H groups in total. The number of benzene rings is 2. The zero-order valence-corrected chi connectivity index (χ0v) is 12.2. The molecule has 2 aromatic rings. The van der Waals surface area contributed by atoms with Gasteiger partial charge in [-0.25, -0.2) is 4.79 Å². The Hall–Kier alpha value is -2.55. The summed E-state index contributed by atoms with van der Waals surface area (Å²) in [7, 11) is 1.38. The highest BCUT2D eigenvalue weighted by atomic mass is 16.5. The SMILES string of the molecule is COC(=O)c1ccccc1N/C=C/C(C)c1ccccc1. The summed E-state index contributed by atoms with van der Waals surface area (Å²) in [5.41, 5.74) is 2.51. The number of para-hydroxylation sites is 1. The van der Waals surface area contributed by atoms with Gasteiger partial charge in [-0.15, -0.1) is 0 Å². The predicted octanol–water partition coefficient (Wildman–Crippen LogP) is 4.20. The van der Waals surface area contributed by atoms with E-state index in [1.807, 2.05) is 42.6 Å². The van der Waals surface area contributed by atoms with E-state index in [1.165, 1.54) is 12.7 Å². The summed E-state index contributed by atoms with van der Waals surface area (Å²) in [5.74, 6) is -0.0494. The number of nitrogens with one attached hydrogen (secondary N) is 1. The van der Waals surface area contributed by atoms with E-state index < -0.39 is 0 Å². The number of anilines is 1.